The van der Waals surface area contributed by atoms with Gasteiger partial charge in [-0.3, -0.25) is 9.36 Å². The van der Waals surface area contributed by atoms with Crippen LogP contribution in [0.15, 0.2) is 41.3 Å². The van der Waals surface area contributed by atoms with Gasteiger partial charge in [0.2, 0.25) is 5.95 Å². The zero-order valence-corrected chi connectivity index (χ0v) is 20.6. The van der Waals surface area contributed by atoms with Gasteiger partial charge in [-0.2, -0.15) is 4.98 Å². The number of carbonyl (C=O) groups excluding carboxylic acids is 1. The van der Waals surface area contributed by atoms with E-state index in [-0.39, 0.29) is 23.7 Å². The lowest BCUT2D eigenvalue weighted by molar-refractivity contribution is 0.183. The summed E-state index contributed by atoms with van der Waals surface area (Å²) < 4.78 is 7.44. The van der Waals surface area contributed by atoms with E-state index in [1.54, 1.807) is 6.20 Å². The number of nitrogens with zero attached hydrogens (tertiary/aromatic N) is 4. The molecule has 0 radical (unpaired) electrons. The zero-order valence-electron chi connectivity index (χ0n) is 20.6. The fourth-order valence-electron chi connectivity index (χ4n) is 5.23. The molecule has 2 aliphatic heterocycles. The number of piperidine rings is 1. The minimum Gasteiger partial charge on any atom is -0.379 e. The SMILES string of the molecule is Cc1ccccc1-c1cc2cnc(NC3CCN(C(=O)NC4CC4)CC3)nc2n(C2CCOC2)c1=O. The van der Waals surface area contributed by atoms with Crippen molar-refractivity contribution in [2.24, 2.45) is 0 Å². The quantitative estimate of drug-likeness (QED) is 0.570. The van der Waals surface area contributed by atoms with Crippen LogP contribution in [0.4, 0.5) is 10.7 Å². The molecular formula is C27H32N6O3. The van der Waals surface area contributed by atoms with Gasteiger partial charge in [0, 0.05) is 48.9 Å². The topological polar surface area (TPSA) is 101 Å². The van der Waals surface area contributed by atoms with E-state index in [1.807, 2.05) is 46.7 Å². The van der Waals surface area contributed by atoms with Crippen molar-refractivity contribution >= 4 is 23.0 Å². The first kappa shape index (κ1) is 23.0. The van der Waals surface area contributed by atoms with Gasteiger partial charge in [0.1, 0.15) is 5.65 Å². The number of hydrogen-bond donors (Lipinski definition) is 2. The van der Waals surface area contributed by atoms with Crippen molar-refractivity contribution in [3.63, 3.8) is 0 Å². The third-order valence-electron chi connectivity index (χ3n) is 7.50. The van der Waals surface area contributed by atoms with Gasteiger partial charge in [-0.05, 0) is 56.2 Å². The Labute approximate surface area is 209 Å². The monoisotopic (exact) mass is 488 g/mol. The van der Waals surface area contributed by atoms with Gasteiger partial charge in [-0.1, -0.05) is 24.3 Å². The summed E-state index contributed by atoms with van der Waals surface area (Å²) in [6.45, 7) is 4.56. The maximum atomic E-state index is 13.8. The molecule has 2 amide bonds. The van der Waals surface area contributed by atoms with Crippen LogP contribution in [0.1, 0.15) is 43.7 Å². The summed E-state index contributed by atoms with van der Waals surface area (Å²) in [7, 11) is 0. The molecule has 1 aromatic carbocycles. The van der Waals surface area contributed by atoms with Gasteiger partial charge < -0.3 is 20.3 Å². The Balaban J connectivity index is 1.28. The fourth-order valence-corrected chi connectivity index (χ4v) is 5.23. The highest BCUT2D eigenvalue weighted by atomic mass is 16.5. The minimum atomic E-state index is -0.0556. The molecule has 36 heavy (non-hydrogen) atoms. The van der Waals surface area contributed by atoms with Crippen molar-refractivity contribution < 1.29 is 9.53 Å². The average Bonchev–Trinajstić information content (AvgIpc) is 3.54. The molecule has 9 nitrogen and oxygen atoms in total. The second-order valence-corrected chi connectivity index (χ2v) is 10.2. The highest BCUT2D eigenvalue weighted by Crippen LogP contribution is 2.28. The van der Waals surface area contributed by atoms with E-state index >= 15 is 0 Å². The molecule has 188 valence electrons. The molecule has 1 aliphatic carbocycles. The van der Waals surface area contributed by atoms with E-state index in [9.17, 15) is 9.59 Å². The lowest BCUT2D eigenvalue weighted by atomic mass is 10.0. The third kappa shape index (κ3) is 4.55. The van der Waals surface area contributed by atoms with Gasteiger partial charge >= 0.3 is 6.03 Å². The van der Waals surface area contributed by atoms with Gasteiger partial charge in [-0.15, -0.1) is 0 Å². The molecular weight excluding hydrogens is 456 g/mol. The van der Waals surface area contributed by atoms with Crippen LogP contribution in [0.25, 0.3) is 22.2 Å². The lowest BCUT2D eigenvalue weighted by Gasteiger charge is -2.32. The third-order valence-corrected chi connectivity index (χ3v) is 7.50. The molecule has 2 N–H and O–H groups in total. The predicted molar refractivity (Wildman–Crippen MR) is 138 cm³/mol. The summed E-state index contributed by atoms with van der Waals surface area (Å²) in [5.74, 6) is 0.513. The summed E-state index contributed by atoms with van der Waals surface area (Å²) in [5.41, 5.74) is 3.23. The highest BCUT2D eigenvalue weighted by Gasteiger charge is 2.29. The largest absolute Gasteiger partial charge is 0.379 e. The first-order chi connectivity index (χ1) is 17.6. The molecule has 2 saturated heterocycles. The van der Waals surface area contributed by atoms with Crippen LogP contribution in [-0.2, 0) is 4.74 Å². The Hall–Kier alpha value is -3.46. The molecule has 2 aromatic heterocycles. The first-order valence-corrected chi connectivity index (χ1v) is 12.9. The Morgan fingerprint density at radius 2 is 1.86 bits per heavy atom. The van der Waals surface area contributed by atoms with Gasteiger partial charge in [0.15, 0.2) is 0 Å². The number of amides is 2. The number of fused-ring (bicyclic) bond motifs is 1. The van der Waals surface area contributed by atoms with Crippen LogP contribution >= 0.6 is 0 Å². The first-order valence-electron chi connectivity index (χ1n) is 12.9. The second-order valence-electron chi connectivity index (χ2n) is 10.2. The van der Waals surface area contributed by atoms with Crippen molar-refractivity contribution in [3.05, 3.63) is 52.4 Å². The number of ether oxygens (including phenoxy) is 1. The highest BCUT2D eigenvalue weighted by molar-refractivity contribution is 5.82. The number of nitrogens with one attached hydrogen (secondary N) is 2. The van der Waals surface area contributed by atoms with E-state index in [0.717, 1.165) is 48.6 Å². The van der Waals surface area contributed by atoms with E-state index in [0.29, 0.717) is 49.5 Å². The molecule has 1 atom stereocenters. The predicted octanol–water partition coefficient (Wildman–Crippen LogP) is 3.48. The lowest BCUT2D eigenvalue weighted by Crippen LogP contribution is -2.47. The van der Waals surface area contributed by atoms with Crippen molar-refractivity contribution in [3.8, 4) is 11.1 Å². The molecule has 9 heteroatoms. The summed E-state index contributed by atoms with van der Waals surface area (Å²) in [6.07, 6.45) is 6.42. The van der Waals surface area contributed by atoms with E-state index in [4.69, 9.17) is 9.72 Å². The molecule has 3 fully saturated rings. The number of likely N-dealkylation sites (tertiary alicyclic amines) is 1. The van der Waals surface area contributed by atoms with Gasteiger partial charge in [0.25, 0.3) is 5.56 Å². The van der Waals surface area contributed by atoms with Crippen LogP contribution in [-0.4, -0.2) is 63.9 Å². The van der Waals surface area contributed by atoms with Gasteiger partial charge in [0.05, 0.1) is 12.6 Å². The number of aromatic nitrogens is 3. The smallest absolute Gasteiger partial charge is 0.317 e. The van der Waals surface area contributed by atoms with Gasteiger partial charge in [-0.25, -0.2) is 9.78 Å². The Morgan fingerprint density at radius 3 is 2.58 bits per heavy atom. The maximum absolute atomic E-state index is 13.8. The second kappa shape index (κ2) is 9.54. The molecule has 0 spiro atoms. The van der Waals surface area contributed by atoms with E-state index < -0.39 is 0 Å². The number of anilines is 1. The van der Waals surface area contributed by atoms with Crippen LogP contribution < -0.4 is 16.2 Å². The van der Waals surface area contributed by atoms with Crippen LogP contribution in [0.2, 0.25) is 0 Å². The summed E-state index contributed by atoms with van der Waals surface area (Å²) in [4.78, 5) is 37.4. The number of pyridine rings is 1. The van der Waals surface area contributed by atoms with Crippen LogP contribution in [0.5, 0.6) is 0 Å². The maximum Gasteiger partial charge on any atom is 0.317 e. The Kier molecular flexibility index (Phi) is 6.08. The van der Waals surface area contributed by atoms with Crippen molar-refractivity contribution in [2.45, 2.75) is 57.2 Å². The average molecular weight is 489 g/mol. The molecule has 6 rings (SSSR count). The van der Waals surface area contributed by atoms with E-state index in [2.05, 4.69) is 15.6 Å². The number of hydrogen-bond acceptors (Lipinski definition) is 6. The van der Waals surface area contributed by atoms with Crippen molar-refractivity contribution in [1.82, 2.24) is 24.8 Å². The molecule has 3 aromatic rings. The van der Waals surface area contributed by atoms with Crippen LogP contribution in [0, 0.1) is 6.92 Å². The number of rotatable bonds is 5. The normalized spacial score (nSPS) is 20.6. The molecule has 0 bridgehead atoms. The van der Waals surface area contributed by atoms with Crippen LogP contribution in [0.3, 0.4) is 0 Å². The summed E-state index contributed by atoms with van der Waals surface area (Å²) in [6, 6.07) is 10.4. The number of urea groups is 1. The number of benzene rings is 1. The van der Waals surface area contributed by atoms with E-state index in [1.165, 1.54) is 0 Å². The molecule has 4 heterocycles. The number of carbonyl (C=O) groups is 1. The Bertz CT molecular complexity index is 1340. The summed E-state index contributed by atoms with van der Waals surface area (Å²) >= 11 is 0. The number of aryl methyl sites for hydroxylation is 1. The zero-order chi connectivity index (χ0) is 24.6. The Morgan fingerprint density at radius 1 is 1.06 bits per heavy atom. The fraction of sp³-hybridized carbons (Fsp3) is 0.481. The minimum absolute atomic E-state index is 0.0464. The summed E-state index contributed by atoms with van der Waals surface area (Å²) in [5, 5.41) is 7.35. The molecule has 1 unspecified atom stereocenters. The van der Waals surface area contributed by atoms with Crippen molar-refractivity contribution in [1.29, 1.82) is 0 Å². The van der Waals surface area contributed by atoms with Crippen molar-refractivity contribution in [2.75, 3.05) is 31.6 Å². The molecule has 1 saturated carbocycles. The standard InChI is InChI=1S/C27H32N6O3/c1-17-4-2-3-5-22(17)23-14-18-15-28-26(31-24(18)33(25(23)34)21-10-13-36-16-21)29-20-8-11-32(12-9-20)27(35)30-19-6-7-19/h2-5,14-15,19-21H,6-13,16H2,1H3,(H,30,35)(H,28,29,31). The molecule has 3 aliphatic rings.